The summed E-state index contributed by atoms with van der Waals surface area (Å²) in [7, 11) is 0. The minimum atomic E-state index is -0.224. The Balaban J connectivity index is 1.96. The van der Waals surface area contributed by atoms with Crippen molar-refractivity contribution in [1.29, 1.82) is 0 Å². The Bertz CT molecular complexity index is 563. The second kappa shape index (κ2) is 5.46. The normalized spacial score (nSPS) is 10.1. The lowest BCUT2D eigenvalue weighted by atomic mass is 10.3. The SMILES string of the molecule is O=Cc1ccn(CC(=O)Nc2ccc(Cl)cc2)n1. The summed E-state index contributed by atoms with van der Waals surface area (Å²) < 4.78 is 1.40. The maximum atomic E-state index is 11.7. The highest BCUT2D eigenvalue weighted by molar-refractivity contribution is 6.30. The van der Waals surface area contributed by atoms with Crippen molar-refractivity contribution >= 4 is 29.5 Å². The molecule has 18 heavy (non-hydrogen) atoms. The molecule has 5 nitrogen and oxygen atoms in total. The van der Waals surface area contributed by atoms with Crippen molar-refractivity contribution in [2.45, 2.75) is 6.54 Å². The van der Waals surface area contributed by atoms with Crippen LogP contribution in [0.3, 0.4) is 0 Å². The smallest absolute Gasteiger partial charge is 0.246 e. The third-order valence-electron chi connectivity index (χ3n) is 2.22. The molecule has 0 radical (unpaired) electrons. The highest BCUT2D eigenvalue weighted by Gasteiger charge is 2.05. The molecule has 1 aromatic carbocycles. The molecular formula is C12H10ClN3O2. The standard InChI is InChI=1S/C12H10ClN3O2/c13-9-1-3-10(4-2-9)14-12(18)7-16-6-5-11(8-17)15-16/h1-6,8H,7H2,(H,14,18). The average Bonchev–Trinajstić information content (AvgIpc) is 2.79. The Kier molecular flexibility index (Phi) is 3.74. The minimum absolute atomic E-state index is 0.0521. The molecule has 92 valence electrons. The zero-order valence-electron chi connectivity index (χ0n) is 9.34. The van der Waals surface area contributed by atoms with E-state index < -0.39 is 0 Å². The number of aromatic nitrogens is 2. The van der Waals surface area contributed by atoms with Crippen molar-refractivity contribution in [3.8, 4) is 0 Å². The van der Waals surface area contributed by atoms with E-state index in [9.17, 15) is 9.59 Å². The number of aldehydes is 1. The van der Waals surface area contributed by atoms with E-state index in [1.54, 1.807) is 36.5 Å². The largest absolute Gasteiger partial charge is 0.324 e. The van der Waals surface area contributed by atoms with Crippen LogP contribution in [-0.4, -0.2) is 22.0 Å². The van der Waals surface area contributed by atoms with E-state index >= 15 is 0 Å². The predicted octanol–water partition coefficient (Wildman–Crippen LogP) is 1.99. The summed E-state index contributed by atoms with van der Waals surface area (Å²) in [6, 6.07) is 8.34. The van der Waals surface area contributed by atoms with Gasteiger partial charge in [-0.2, -0.15) is 5.10 Å². The Morgan fingerprint density at radius 3 is 2.67 bits per heavy atom. The van der Waals surface area contributed by atoms with Crippen molar-refractivity contribution in [2.24, 2.45) is 0 Å². The minimum Gasteiger partial charge on any atom is -0.324 e. The molecule has 1 amide bonds. The van der Waals surface area contributed by atoms with Crippen LogP contribution >= 0.6 is 11.6 Å². The van der Waals surface area contributed by atoms with Gasteiger partial charge in [0.1, 0.15) is 12.2 Å². The highest BCUT2D eigenvalue weighted by atomic mass is 35.5. The summed E-state index contributed by atoms with van der Waals surface area (Å²) in [4.78, 5) is 22.1. The number of anilines is 1. The topological polar surface area (TPSA) is 64.0 Å². The molecular weight excluding hydrogens is 254 g/mol. The first kappa shape index (κ1) is 12.3. The van der Waals surface area contributed by atoms with E-state index in [4.69, 9.17) is 11.6 Å². The fourth-order valence-corrected chi connectivity index (χ4v) is 1.54. The number of hydrogen-bond donors (Lipinski definition) is 1. The lowest BCUT2D eigenvalue weighted by molar-refractivity contribution is -0.116. The molecule has 1 heterocycles. The molecule has 0 saturated carbocycles. The molecule has 0 bridgehead atoms. The first-order valence-corrected chi connectivity index (χ1v) is 5.59. The quantitative estimate of drug-likeness (QED) is 0.858. The van der Waals surface area contributed by atoms with Crippen LogP contribution in [-0.2, 0) is 11.3 Å². The molecule has 2 rings (SSSR count). The van der Waals surface area contributed by atoms with E-state index in [1.165, 1.54) is 4.68 Å². The number of rotatable bonds is 4. The summed E-state index contributed by atoms with van der Waals surface area (Å²) >= 11 is 5.74. The maximum Gasteiger partial charge on any atom is 0.246 e. The lowest BCUT2D eigenvalue weighted by Gasteiger charge is -2.05. The molecule has 0 atom stereocenters. The molecule has 0 aliphatic rings. The van der Waals surface area contributed by atoms with E-state index in [0.29, 0.717) is 22.7 Å². The van der Waals surface area contributed by atoms with Crippen LogP contribution in [0.15, 0.2) is 36.5 Å². The number of halogens is 1. The molecule has 0 aliphatic heterocycles. The summed E-state index contributed by atoms with van der Waals surface area (Å²) in [5.74, 6) is -0.224. The molecule has 0 unspecified atom stereocenters. The van der Waals surface area contributed by atoms with Gasteiger partial charge in [0.15, 0.2) is 6.29 Å². The summed E-state index contributed by atoms with van der Waals surface area (Å²) in [5, 5.41) is 7.20. The first-order valence-electron chi connectivity index (χ1n) is 5.21. The molecule has 0 fully saturated rings. The second-order valence-corrected chi connectivity index (χ2v) is 4.05. The average molecular weight is 264 g/mol. The van der Waals surface area contributed by atoms with Gasteiger partial charge in [0, 0.05) is 16.9 Å². The fourth-order valence-electron chi connectivity index (χ4n) is 1.41. The number of carbonyl (C=O) groups excluding carboxylic acids is 2. The van der Waals surface area contributed by atoms with Crippen molar-refractivity contribution in [3.05, 3.63) is 47.2 Å². The van der Waals surface area contributed by atoms with E-state index in [2.05, 4.69) is 10.4 Å². The van der Waals surface area contributed by atoms with Crippen molar-refractivity contribution in [3.63, 3.8) is 0 Å². The van der Waals surface area contributed by atoms with Crippen LogP contribution in [0.2, 0.25) is 5.02 Å². The van der Waals surface area contributed by atoms with Crippen molar-refractivity contribution in [2.75, 3.05) is 5.32 Å². The van der Waals surface area contributed by atoms with Gasteiger partial charge in [-0.3, -0.25) is 14.3 Å². The van der Waals surface area contributed by atoms with Gasteiger partial charge < -0.3 is 5.32 Å². The van der Waals surface area contributed by atoms with Gasteiger partial charge in [-0.25, -0.2) is 0 Å². The van der Waals surface area contributed by atoms with E-state index in [0.717, 1.165) is 0 Å². The molecule has 6 heteroatoms. The predicted molar refractivity (Wildman–Crippen MR) is 67.7 cm³/mol. The molecule has 0 aliphatic carbocycles. The van der Waals surface area contributed by atoms with Crippen LogP contribution < -0.4 is 5.32 Å². The van der Waals surface area contributed by atoms with Gasteiger partial charge in [-0.15, -0.1) is 0 Å². The second-order valence-electron chi connectivity index (χ2n) is 3.61. The van der Waals surface area contributed by atoms with Crippen LogP contribution in [0, 0.1) is 0 Å². The molecule has 2 aromatic rings. The Hall–Kier alpha value is -2.14. The number of nitrogens with one attached hydrogen (secondary N) is 1. The van der Waals surface area contributed by atoms with Crippen LogP contribution in [0.1, 0.15) is 10.5 Å². The van der Waals surface area contributed by atoms with E-state index in [-0.39, 0.29) is 12.5 Å². The number of amides is 1. The van der Waals surface area contributed by atoms with Gasteiger partial charge in [0.25, 0.3) is 0 Å². The zero-order valence-corrected chi connectivity index (χ0v) is 10.1. The van der Waals surface area contributed by atoms with Crippen LogP contribution in [0.25, 0.3) is 0 Å². The first-order chi connectivity index (χ1) is 8.67. The van der Waals surface area contributed by atoms with Gasteiger partial charge in [0.05, 0.1) is 0 Å². The number of hydrogen-bond acceptors (Lipinski definition) is 3. The Labute approximate surface area is 108 Å². The van der Waals surface area contributed by atoms with Gasteiger partial charge in [-0.1, -0.05) is 11.6 Å². The third-order valence-corrected chi connectivity index (χ3v) is 2.47. The lowest BCUT2D eigenvalue weighted by Crippen LogP contribution is -2.19. The zero-order chi connectivity index (χ0) is 13.0. The number of carbonyl (C=O) groups is 2. The Morgan fingerprint density at radius 1 is 1.33 bits per heavy atom. The summed E-state index contributed by atoms with van der Waals surface area (Å²) in [6.45, 7) is 0.0521. The highest BCUT2D eigenvalue weighted by Crippen LogP contribution is 2.13. The molecule has 1 aromatic heterocycles. The summed E-state index contributed by atoms with van der Waals surface area (Å²) in [5.41, 5.74) is 0.960. The van der Waals surface area contributed by atoms with Crippen LogP contribution in [0.5, 0.6) is 0 Å². The van der Waals surface area contributed by atoms with E-state index in [1.807, 2.05) is 0 Å². The molecule has 0 spiro atoms. The fraction of sp³-hybridized carbons (Fsp3) is 0.0833. The van der Waals surface area contributed by atoms with Gasteiger partial charge in [0.2, 0.25) is 5.91 Å². The number of benzene rings is 1. The summed E-state index contributed by atoms with van der Waals surface area (Å²) in [6.07, 6.45) is 2.21. The monoisotopic (exact) mass is 263 g/mol. The van der Waals surface area contributed by atoms with Gasteiger partial charge >= 0.3 is 0 Å². The van der Waals surface area contributed by atoms with Crippen LogP contribution in [0.4, 0.5) is 5.69 Å². The number of nitrogens with zero attached hydrogens (tertiary/aromatic N) is 2. The Morgan fingerprint density at radius 2 is 2.06 bits per heavy atom. The van der Waals surface area contributed by atoms with Crippen molar-refractivity contribution in [1.82, 2.24) is 9.78 Å². The third kappa shape index (κ3) is 3.18. The van der Waals surface area contributed by atoms with Gasteiger partial charge in [-0.05, 0) is 30.3 Å². The molecule has 1 N–H and O–H groups in total. The molecule has 0 saturated heterocycles. The van der Waals surface area contributed by atoms with Crippen molar-refractivity contribution < 1.29 is 9.59 Å². The maximum absolute atomic E-state index is 11.7.